The third kappa shape index (κ3) is 5.70. The summed E-state index contributed by atoms with van der Waals surface area (Å²) >= 11 is 0. The molecule has 1 aromatic carbocycles. The first-order chi connectivity index (χ1) is 9.96. The average Bonchev–Trinajstić information content (AvgIpc) is 2.44. The van der Waals surface area contributed by atoms with Crippen LogP contribution in [-0.4, -0.2) is 39.6 Å². The Morgan fingerprint density at radius 1 is 1.14 bits per heavy atom. The predicted octanol–water partition coefficient (Wildman–Crippen LogP) is -1.11. The van der Waals surface area contributed by atoms with Gasteiger partial charge in [-0.1, -0.05) is 0 Å². The SMILES string of the molecule is COc1ccc(C[NH+](C)CC(=O)NNC(C)=O)cc1OC. The van der Waals surface area contributed by atoms with E-state index in [-0.39, 0.29) is 18.4 Å². The van der Waals surface area contributed by atoms with Crippen LogP contribution in [0.15, 0.2) is 18.2 Å². The van der Waals surface area contributed by atoms with Crippen LogP contribution in [0.1, 0.15) is 12.5 Å². The first kappa shape index (κ1) is 16.8. The maximum atomic E-state index is 11.6. The Balaban J connectivity index is 2.56. The van der Waals surface area contributed by atoms with Gasteiger partial charge in [-0.2, -0.15) is 0 Å². The van der Waals surface area contributed by atoms with Crippen LogP contribution in [0.3, 0.4) is 0 Å². The van der Waals surface area contributed by atoms with E-state index in [4.69, 9.17) is 9.47 Å². The number of methoxy groups -OCH3 is 2. The van der Waals surface area contributed by atoms with E-state index in [1.807, 2.05) is 25.2 Å². The summed E-state index contributed by atoms with van der Waals surface area (Å²) in [5.41, 5.74) is 5.62. The lowest BCUT2D eigenvalue weighted by Crippen LogP contribution is -3.09. The minimum atomic E-state index is -0.305. The summed E-state index contributed by atoms with van der Waals surface area (Å²) in [5, 5.41) is 0. The summed E-state index contributed by atoms with van der Waals surface area (Å²) < 4.78 is 10.4. The third-order valence-corrected chi connectivity index (χ3v) is 2.79. The first-order valence-electron chi connectivity index (χ1n) is 6.54. The maximum Gasteiger partial charge on any atom is 0.293 e. The van der Waals surface area contributed by atoms with Crippen LogP contribution in [0, 0.1) is 0 Å². The molecule has 1 rings (SSSR count). The van der Waals surface area contributed by atoms with Crippen LogP contribution >= 0.6 is 0 Å². The molecule has 0 aliphatic heterocycles. The number of quaternary nitrogens is 1. The fraction of sp³-hybridized carbons (Fsp3) is 0.429. The molecule has 1 unspecified atom stereocenters. The molecule has 0 aliphatic rings. The second-order valence-corrected chi connectivity index (χ2v) is 4.73. The van der Waals surface area contributed by atoms with Gasteiger partial charge < -0.3 is 14.4 Å². The summed E-state index contributed by atoms with van der Waals surface area (Å²) in [4.78, 5) is 23.3. The Labute approximate surface area is 124 Å². The number of hydrazine groups is 1. The van der Waals surface area contributed by atoms with E-state index in [1.54, 1.807) is 14.2 Å². The Morgan fingerprint density at radius 3 is 2.38 bits per heavy atom. The van der Waals surface area contributed by atoms with Crippen LogP contribution in [0.25, 0.3) is 0 Å². The minimum absolute atomic E-state index is 0.245. The number of nitrogens with one attached hydrogen (secondary N) is 3. The number of benzene rings is 1. The highest BCUT2D eigenvalue weighted by Crippen LogP contribution is 2.27. The van der Waals surface area contributed by atoms with Gasteiger partial charge in [-0.25, -0.2) is 0 Å². The zero-order chi connectivity index (χ0) is 15.8. The first-order valence-corrected chi connectivity index (χ1v) is 6.54. The largest absolute Gasteiger partial charge is 0.493 e. The average molecular weight is 296 g/mol. The molecule has 2 amide bonds. The Kier molecular flexibility index (Phi) is 6.48. The third-order valence-electron chi connectivity index (χ3n) is 2.79. The molecule has 0 spiro atoms. The lowest BCUT2D eigenvalue weighted by molar-refractivity contribution is -0.885. The lowest BCUT2D eigenvalue weighted by Gasteiger charge is -2.15. The fourth-order valence-electron chi connectivity index (χ4n) is 1.88. The summed E-state index contributed by atoms with van der Waals surface area (Å²) in [6.07, 6.45) is 0. The van der Waals surface area contributed by atoms with Crippen molar-refractivity contribution < 1.29 is 24.0 Å². The van der Waals surface area contributed by atoms with Crippen molar-refractivity contribution in [2.75, 3.05) is 27.8 Å². The normalized spacial score (nSPS) is 11.4. The van der Waals surface area contributed by atoms with Crippen molar-refractivity contribution in [1.29, 1.82) is 0 Å². The van der Waals surface area contributed by atoms with E-state index in [1.165, 1.54) is 6.92 Å². The fourth-order valence-corrected chi connectivity index (χ4v) is 1.88. The molecular formula is C14H22N3O4+. The number of ether oxygens (including phenoxy) is 2. The van der Waals surface area contributed by atoms with Crippen molar-refractivity contribution in [1.82, 2.24) is 10.9 Å². The van der Waals surface area contributed by atoms with Crippen LogP contribution in [0.4, 0.5) is 0 Å². The Hall–Kier alpha value is -2.28. The van der Waals surface area contributed by atoms with Gasteiger partial charge in [0.05, 0.1) is 21.3 Å². The highest BCUT2D eigenvalue weighted by molar-refractivity contribution is 5.81. The number of carbonyl (C=O) groups is 2. The lowest BCUT2D eigenvalue weighted by atomic mass is 10.2. The second-order valence-electron chi connectivity index (χ2n) is 4.73. The summed E-state index contributed by atoms with van der Waals surface area (Å²) in [5.74, 6) is 0.775. The van der Waals surface area contributed by atoms with Crippen LogP contribution < -0.4 is 25.2 Å². The topological polar surface area (TPSA) is 81.1 Å². The highest BCUT2D eigenvalue weighted by Gasteiger charge is 2.12. The number of hydrogen-bond acceptors (Lipinski definition) is 4. The van der Waals surface area contributed by atoms with Crippen LogP contribution in [0.5, 0.6) is 11.5 Å². The van der Waals surface area contributed by atoms with E-state index >= 15 is 0 Å². The Bertz CT molecular complexity index is 505. The highest BCUT2D eigenvalue weighted by atomic mass is 16.5. The molecule has 0 radical (unpaired) electrons. The van der Waals surface area contributed by atoms with E-state index in [0.717, 1.165) is 10.5 Å². The molecule has 7 nitrogen and oxygen atoms in total. The van der Waals surface area contributed by atoms with Crippen molar-refractivity contribution >= 4 is 11.8 Å². The number of carbonyl (C=O) groups excluding carboxylic acids is 2. The molecule has 3 N–H and O–H groups in total. The molecule has 0 saturated heterocycles. The molecule has 0 bridgehead atoms. The molecule has 0 aromatic heterocycles. The number of rotatable bonds is 6. The van der Waals surface area contributed by atoms with Gasteiger partial charge in [-0.15, -0.1) is 0 Å². The van der Waals surface area contributed by atoms with Gasteiger partial charge in [-0.05, 0) is 18.2 Å². The van der Waals surface area contributed by atoms with Crippen molar-refractivity contribution in [3.05, 3.63) is 23.8 Å². The second kappa shape index (κ2) is 8.11. The standard InChI is InChI=1S/C14H21N3O4/c1-10(18)15-16-14(19)9-17(2)8-11-5-6-12(20-3)13(7-11)21-4/h5-7H,8-9H2,1-4H3,(H,15,18)(H,16,19)/p+1. The van der Waals surface area contributed by atoms with E-state index < -0.39 is 0 Å². The van der Waals surface area contributed by atoms with Gasteiger partial charge in [0.1, 0.15) is 6.54 Å². The molecule has 1 aromatic rings. The van der Waals surface area contributed by atoms with Gasteiger partial charge in [0.2, 0.25) is 5.91 Å². The van der Waals surface area contributed by atoms with Crippen molar-refractivity contribution in [3.8, 4) is 11.5 Å². The maximum absolute atomic E-state index is 11.6. The Morgan fingerprint density at radius 2 is 1.81 bits per heavy atom. The smallest absolute Gasteiger partial charge is 0.293 e. The number of likely N-dealkylation sites (N-methyl/N-ethyl adjacent to an activating group) is 1. The predicted molar refractivity (Wildman–Crippen MR) is 77.0 cm³/mol. The van der Waals surface area contributed by atoms with E-state index in [0.29, 0.717) is 18.0 Å². The molecule has 0 heterocycles. The van der Waals surface area contributed by atoms with E-state index in [9.17, 15) is 9.59 Å². The molecule has 21 heavy (non-hydrogen) atoms. The summed E-state index contributed by atoms with van der Waals surface area (Å²) in [7, 11) is 5.06. The molecule has 0 aliphatic carbocycles. The zero-order valence-electron chi connectivity index (χ0n) is 12.8. The van der Waals surface area contributed by atoms with Crippen LogP contribution in [-0.2, 0) is 16.1 Å². The molecular weight excluding hydrogens is 274 g/mol. The molecule has 0 saturated carbocycles. The number of amides is 2. The van der Waals surface area contributed by atoms with Gasteiger partial charge in [-0.3, -0.25) is 20.4 Å². The summed E-state index contributed by atoms with van der Waals surface area (Å²) in [6, 6.07) is 5.64. The monoisotopic (exact) mass is 296 g/mol. The van der Waals surface area contributed by atoms with Gasteiger partial charge in [0, 0.05) is 12.5 Å². The van der Waals surface area contributed by atoms with Gasteiger partial charge in [0.25, 0.3) is 5.91 Å². The minimum Gasteiger partial charge on any atom is -0.493 e. The van der Waals surface area contributed by atoms with Gasteiger partial charge in [0.15, 0.2) is 18.0 Å². The zero-order valence-corrected chi connectivity index (χ0v) is 12.8. The van der Waals surface area contributed by atoms with Crippen molar-refractivity contribution in [2.24, 2.45) is 0 Å². The molecule has 0 fully saturated rings. The van der Waals surface area contributed by atoms with Gasteiger partial charge >= 0.3 is 0 Å². The van der Waals surface area contributed by atoms with E-state index in [2.05, 4.69) is 10.9 Å². The van der Waals surface area contributed by atoms with Crippen molar-refractivity contribution in [2.45, 2.75) is 13.5 Å². The van der Waals surface area contributed by atoms with Crippen LogP contribution in [0.2, 0.25) is 0 Å². The molecule has 7 heteroatoms. The van der Waals surface area contributed by atoms with Crippen molar-refractivity contribution in [3.63, 3.8) is 0 Å². The molecule has 1 atom stereocenters. The number of hydrogen-bond donors (Lipinski definition) is 3. The summed E-state index contributed by atoms with van der Waals surface area (Å²) in [6.45, 7) is 2.23. The molecule has 116 valence electrons. The quantitative estimate of drug-likeness (QED) is 0.581.